The Kier molecular flexibility index (Phi) is 11.3. The van der Waals surface area contributed by atoms with E-state index in [4.69, 9.17) is 60.6 Å². The molecule has 0 fully saturated rings. The van der Waals surface area contributed by atoms with Crippen molar-refractivity contribution in [2.75, 3.05) is 25.1 Å². The standard InChI is InChI=1S/C30H24Cl4N2O9S/c1-4-43-29(41)17-13(3)24(30(42)44-5-2)46-25(17)35-16(37)12-45-28(40)15(11-14-9-7-6-8-10-14)36-26(38)18-19(27(36)39)21(32)23(34)22(33)20(18)31/h6-10,15H,4-5,11-12H2,1-3H3,(H,35,37)/t15-/m0/s1. The fourth-order valence-electron chi connectivity index (χ4n) is 4.60. The molecule has 46 heavy (non-hydrogen) atoms. The smallest absolute Gasteiger partial charge is 0.348 e. The molecule has 0 spiro atoms. The summed E-state index contributed by atoms with van der Waals surface area (Å²) in [5.41, 5.74) is 0.0746. The van der Waals surface area contributed by atoms with E-state index in [-0.39, 0.29) is 71.9 Å². The number of thiophene rings is 1. The number of nitrogens with zero attached hydrogens (tertiary/aromatic N) is 1. The third-order valence-corrected chi connectivity index (χ3v) is 9.66. The van der Waals surface area contributed by atoms with Crippen molar-refractivity contribution in [3.8, 4) is 0 Å². The zero-order chi connectivity index (χ0) is 33.9. The van der Waals surface area contributed by atoms with Crippen molar-refractivity contribution in [2.45, 2.75) is 33.2 Å². The molecule has 1 aromatic heterocycles. The van der Waals surface area contributed by atoms with Crippen LogP contribution in [0.1, 0.15) is 65.7 Å². The van der Waals surface area contributed by atoms with Gasteiger partial charge in [0.25, 0.3) is 17.7 Å². The van der Waals surface area contributed by atoms with Crippen LogP contribution < -0.4 is 5.32 Å². The molecule has 0 aliphatic carbocycles. The number of nitrogens with one attached hydrogen (secondary N) is 1. The van der Waals surface area contributed by atoms with Gasteiger partial charge in [-0.2, -0.15) is 0 Å². The lowest BCUT2D eigenvalue weighted by Crippen LogP contribution is -2.47. The number of amides is 3. The van der Waals surface area contributed by atoms with E-state index in [9.17, 15) is 28.8 Å². The summed E-state index contributed by atoms with van der Waals surface area (Å²) in [6.45, 7) is 3.93. The van der Waals surface area contributed by atoms with E-state index in [0.29, 0.717) is 10.5 Å². The van der Waals surface area contributed by atoms with Gasteiger partial charge in [-0.05, 0) is 31.9 Å². The molecule has 2 heterocycles. The molecule has 1 aliphatic heterocycles. The molecule has 1 N–H and O–H groups in total. The molecule has 0 saturated heterocycles. The Morgan fingerprint density at radius 2 is 1.37 bits per heavy atom. The van der Waals surface area contributed by atoms with Crippen molar-refractivity contribution in [2.24, 2.45) is 0 Å². The predicted molar refractivity (Wildman–Crippen MR) is 171 cm³/mol. The number of anilines is 1. The third-order valence-electron chi connectivity index (χ3n) is 6.67. The molecule has 0 radical (unpaired) electrons. The molecule has 11 nitrogen and oxygen atoms in total. The van der Waals surface area contributed by atoms with Crippen LogP contribution >= 0.6 is 57.7 Å². The molecule has 2 aromatic carbocycles. The third kappa shape index (κ3) is 6.86. The van der Waals surface area contributed by atoms with E-state index in [2.05, 4.69) is 5.32 Å². The van der Waals surface area contributed by atoms with Gasteiger partial charge in [0.15, 0.2) is 6.61 Å². The van der Waals surface area contributed by atoms with Crippen LogP contribution in [0.25, 0.3) is 0 Å². The van der Waals surface area contributed by atoms with Crippen LogP contribution in [0.3, 0.4) is 0 Å². The van der Waals surface area contributed by atoms with Gasteiger partial charge in [0.05, 0.1) is 50.0 Å². The molecular formula is C30H24Cl4N2O9S. The zero-order valence-electron chi connectivity index (χ0n) is 24.3. The second-order valence-corrected chi connectivity index (χ2v) is 12.1. The zero-order valence-corrected chi connectivity index (χ0v) is 28.2. The van der Waals surface area contributed by atoms with Crippen molar-refractivity contribution in [1.82, 2.24) is 4.90 Å². The molecule has 242 valence electrons. The van der Waals surface area contributed by atoms with Crippen molar-refractivity contribution < 1.29 is 43.0 Å². The maximum Gasteiger partial charge on any atom is 0.348 e. The summed E-state index contributed by atoms with van der Waals surface area (Å²) in [5, 5.41) is 1.31. The Hall–Kier alpha value is -3.68. The number of fused-ring (bicyclic) bond motifs is 1. The Bertz CT molecular complexity index is 1710. The van der Waals surface area contributed by atoms with Crippen LogP contribution in [0, 0.1) is 6.92 Å². The lowest BCUT2D eigenvalue weighted by Gasteiger charge is -2.24. The first kappa shape index (κ1) is 35.2. The highest BCUT2D eigenvalue weighted by Crippen LogP contribution is 2.45. The van der Waals surface area contributed by atoms with Crippen molar-refractivity contribution in [1.29, 1.82) is 0 Å². The number of esters is 3. The van der Waals surface area contributed by atoms with Crippen molar-refractivity contribution in [3.05, 3.63) is 83.1 Å². The molecule has 0 bridgehead atoms. The van der Waals surface area contributed by atoms with Crippen LogP contribution in [-0.2, 0) is 30.2 Å². The van der Waals surface area contributed by atoms with E-state index in [0.717, 1.165) is 11.3 Å². The van der Waals surface area contributed by atoms with Gasteiger partial charge in [-0.15, -0.1) is 11.3 Å². The Morgan fingerprint density at radius 1 is 0.826 bits per heavy atom. The molecule has 1 atom stereocenters. The van der Waals surface area contributed by atoms with Crippen LogP contribution in [0.5, 0.6) is 0 Å². The number of ether oxygens (including phenoxy) is 3. The summed E-state index contributed by atoms with van der Waals surface area (Å²) in [5.74, 6) is -5.42. The van der Waals surface area contributed by atoms with E-state index >= 15 is 0 Å². The Morgan fingerprint density at radius 3 is 1.91 bits per heavy atom. The van der Waals surface area contributed by atoms with Gasteiger partial charge in [0.1, 0.15) is 15.9 Å². The number of hydrogen-bond donors (Lipinski definition) is 1. The van der Waals surface area contributed by atoms with Gasteiger partial charge >= 0.3 is 17.9 Å². The molecule has 16 heteroatoms. The minimum absolute atomic E-state index is 0.0284. The van der Waals surface area contributed by atoms with E-state index in [1.807, 2.05) is 0 Å². The van der Waals surface area contributed by atoms with E-state index < -0.39 is 48.3 Å². The maximum absolute atomic E-state index is 13.5. The van der Waals surface area contributed by atoms with E-state index in [1.165, 1.54) is 6.92 Å². The minimum atomic E-state index is -1.57. The van der Waals surface area contributed by atoms with Crippen molar-refractivity contribution >= 4 is 98.4 Å². The fourth-order valence-corrected chi connectivity index (χ4v) is 6.72. The number of carbonyl (C=O) groups excluding carboxylic acids is 6. The lowest BCUT2D eigenvalue weighted by molar-refractivity contribution is -0.151. The van der Waals surface area contributed by atoms with Gasteiger partial charge in [0, 0.05) is 6.42 Å². The summed E-state index contributed by atoms with van der Waals surface area (Å²) in [7, 11) is 0. The molecule has 0 saturated carbocycles. The number of rotatable bonds is 11. The highest BCUT2D eigenvalue weighted by molar-refractivity contribution is 7.18. The molecule has 3 amide bonds. The normalized spacial score (nSPS) is 12.9. The van der Waals surface area contributed by atoms with Crippen LogP contribution in [0.15, 0.2) is 30.3 Å². The van der Waals surface area contributed by atoms with Gasteiger partial charge in [0.2, 0.25) is 0 Å². The first-order chi connectivity index (χ1) is 21.8. The SMILES string of the molecule is CCOC(=O)c1sc(NC(=O)COC(=O)[C@H](Cc2ccccc2)N2C(=O)c3c(Cl)c(Cl)c(Cl)c(Cl)c3C2=O)c(C(=O)OCC)c1C. The fraction of sp³-hybridized carbons (Fsp3) is 0.267. The van der Waals surface area contributed by atoms with Gasteiger partial charge in [-0.3, -0.25) is 19.3 Å². The monoisotopic (exact) mass is 728 g/mol. The maximum atomic E-state index is 13.5. The van der Waals surface area contributed by atoms with Gasteiger partial charge < -0.3 is 19.5 Å². The summed E-state index contributed by atoms with van der Waals surface area (Å²) in [4.78, 5) is 79.4. The number of benzene rings is 2. The summed E-state index contributed by atoms with van der Waals surface area (Å²) in [6.07, 6.45) is -0.191. The highest BCUT2D eigenvalue weighted by atomic mass is 35.5. The van der Waals surface area contributed by atoms with Gasteiger partial charge in [-0.1, -0.05) is 76.7 Å². The quantitative estimate of drug-likeness (QED) is 0.0778. The molecular weight excluding hydrogens is 706 g/mol. The average Bonchev–Trinajstić information content (AvgIpc) is 3.49. The van der Waals surface area contributed by atoms with E-state index in [1.54, 1.807) is 44.2 Å². The van der Waals surface area contributed by atoms with Crippen LogP contribution in [0.4, 0.5) is 5.00 Å². The summed E-state index contributed by atoms with van der Waals surface area (Å²) >= 11 is 25.6. The summed E-state index contributed by atoms with van der Waals surface area (Å²) < 4.78 is 15.4. The summed E-state index contributed by atoms with van der Waals surface area (Å²) in [6, 6.07) is 6.87. The molecule has 3 aromatic rings. The molecule has 0 unspecified atom stereocenters. The highest BCUT2D eigenvalue weighted by Gasteiger charge is 2.47. The largest absolute Gasteiger partial charge is 0.462 e. The predicted octanol–water partition coefficient (Wildman–Crippen LogP) is 6.41. The van der Waals surface area contributed by atoms with Crippen molar-refractivity contribution in [3.63, 3.8) is 0 Å². The first-order valence-electron chi connectivity index (χ1n) is 13.6. The number of carbonyl (C=O) groups is 6. The number of halogens is 4. The second-order valence-electron chi connectivity index (χ2n) is 9.55. The number of imide groups is 1. The first-order valence-corrected chi connectivity index (χ1v) is 15.9. The van der Waals surface area contributed by atoms with Crippen LogP contribution in [0.2, 0.25) is 20.1 Å². The molecule has 1 aliphatic rings. The van der Waals surface area contributed by atoms with Gasteiger partial charge in [-0.25, -0.2) is 14.4 Å². The van der Waals surface area contributed by atoms with Crippen LogP contribution in [-0.4, -0.2) is 66.4 Å². The Balaban J connectivity index is 1.60. The second kappa shape index (κ2) is 14.8. The lowest BCUT2D eigenvalue weighted by atomic mass is 10.0. The average molecular weight is 730 g/mol. The Labute approximate surface area is 286 Å². The number of hydrogen-bond acceptors (Lipinski definition) is 10. The topological polar surface area (TPSA) is 145 Å². The minimum Gasteiger partial charge on any atom is -0.462 e. The molecule has 4 rings (SSSR count).